The second kappa shape index (κ2) is 4.30. The van der Waals surface area contributed by atoms with Gasteiger partial charge in [-0.05, 0) is 37.0 Å². The fourth-order valence-electron chi connectivity index (χ4n) is 2.87. The van der Waals surface area contributed by atoms with Crippen LogP contribution in [-0.4, -0.2) is 0 Å². The molecule has 1 fully saturated rings. The van der Waals surface area contributed by atoms with Gasteiger partial charge in [-0.15, -0.1) is 0 Å². The molecule has 0 aromatic rings. The minimum absolute atomic E-state index is 0.567. The lowest BCUT2D eigenvalue weighted by molar-refractivity contribution is 0.0863. The van der Waals surface area contributed by atoms with Gasteiger partial charge in [-0.25, -0.2) is 0 Å². The number of hydrogen-bond acceptors (Lipinski definition) is 0. The van der Waals surface area contributed by atoms with Crippen LogP contribution in [0.2, 0.25) is 0 Å². The average molecular weight is 180 g/mol. The highest BCUT2D eigenvalue weighted by Crippen LogP contribution is 2.45. The van der Waals surface area contributed by atoms with Crippen LogP contribution in [0.5, 0.6) is 0 Å². The molecule has 2 unspecified atom stereocenters. The van der Waals surface area contributed by atoms with Gasteiger partial charge >= 0.3 is 0 Å². The van der Waals surface area contributed by atoms with Crippen molar-refractivity contribution in [2.45, 2.75) is 53.4 Å². The van der Waals surface area contributed by atoms with Gasteiger partial charge in [0.1, 0.15) is 0 Å². The fraction of sp³-hybridized carbons (Fsp3) is 0.846. The van der Waals surface area contributed by atoms with Gasteiger partial charge in [-0.3, -0.25) is 0 Å². The van der Waals surface area contributed by atoms with E-state index in [1.807, 2.05) is 0 Å². The van der Waals surface area contributed by atoms with E-state index in [1.165, 1.54) is 25.7 Å². The van der Waals surface area contributed by atoms with Gasteiger partial charge in [-0.1, -0.05) is 45.8 Å². The van der Waals surface area contributed by atoms with E-state index in [4.69, 9.17) is 0 Å². The summed E-state index contributed by atoms with van der Waals surface area (Å²) >= 11 is 0. The molecule has 0 heteroatoms. The summed E-state index contributed by atoms with van der Waals surface area (Å²) in [7, 11) is 0. The van der Waals surface area contributed by atoms with Crippen LogP contribution in [0.3, 0.4) is 0 Å². The molecule has 1 aliphatic rings. The van der Waals surface area contributed by atoms with Crippen LogP contribution in [0.1, 0.15) is 53.4 Å². The maximum Gasteiger partial charge on any atom is -0.0302 e. The quantitative estimate of drug-likeness (QED) is 0.552. The van der Waals surface area contributed by atoms with E-state index in [2.05, 4.69) is 39.8 Å². The van der Waals surface area contributed by atoms with Crippen molar-refractivity contribution in [3.05, 3.63) is 12.2 Å². The predicted molar refractivity (Wildman–Crippen MR) is 59.7 cm³/mol. The van der Waals surface area contributed by atoms with Gasteiger partial charge < -0.3 is 0 Å². The first-order valence-electron chi connectivity index (χ1n) is 5.69. The Kier molecular flexibility index (Phi) is 3.58. The summed E-state index contributed by atoms with van der Waals surface area (Å²) in [6.45, 7) is 9.43. The second-order valence-electron chi connectivity index (χ2n) is 5.27. The molecule has 0 nitrogen and oxygen atoms in total. The molecule has 0 N–H and O–H groups in total. The lowest BCUT2D eigenvalue weighted by Crippen LogP contribution is -2.33. The number of allylic oxidation sites excluding steroid dienone is 2. The zero-order valence-corrected chi connectivity index (χ0v) is 9.64. The van der Waals surface area contributed by atoms with E-state index in [0.29, 0.717) is 5.41 Å². The zero-order chi connectivity index (χ0) is 9.90. The number of hydrogen-bond donors (Lipinski definition) is 0. The SMILES string of the molecule is C/C=C/CC1C(C)CCCC1(C)C. The molecule has 0 saturated heterocycles. The van der Waals surface area contributed by atoms with Crippen molar-refractivity contribution < 1.29 is 0 Å². The van der Waals surface area contributed by atoms with Gasteiger partial charge in [0, 0.05) is 0 Å². The summed E-state index contributed by atoms with van der Waals surface area (Å²) < 4.78 is 0. The van der Waals surface area contributed by atoms with E-state index in [1.54, 1.807) is 0 Å². The molecule has 0 aliphatic heterocycles. The van der Waals surface area contributed by atoms with E-state index in [0.717, 1.165) is 11.8 Å². The lowest BCUT2D eigenvalue weighted by Gasteiger charge is -2.42. The normalized spacial score (nSPS) is 33.8. The largest absolute Gasteiger partial charge is 0.0917 e. The summed E-state index contributed by atoms with van der Waals surface area (Å²) in [5.74, 6) is 1.82. The van der Waals surface area contributed by atoms with Crippen molar-refractivity contribution in [2.75, 3.05) is 0 Å². The van der Waals surface area contributed by atoms with Gasteiger partial charge in [0.25, 0.3) is 0 Å². The minimum Gasteiger partial charge on any atom is -0.0917 e. The van der Waals surface area contributed by atoms with Gasteiger partial charge in [-0.2, -0.15) is 0 Å². The molecule has 0 spiro atoms. The Balaban J connectivity index is 2.63. The molecule has 76 valence electrons. The van der Waals surface area contributed by atoms with E-state index in [9.17, 15) is 0 Å². The van der Waals surface area contributed by atoms with E-state index >= 15 is 0 Å². The van der Waals surface area contributed by atoms with Crippen molar-refractivity contribution in [1.29, 1.82) is 0 Å². The van der Waals surface area contributed by atoms with Crippen LogP contribution >= 0.6 is 0 Å². The van der Waals surface area contributed by atoms with Gasteiger partial charge in [0.15, 0.2) is 0 Å². The molecule has 0 aromatic carbocycles. The van der Waals surface area contributed by atoms with Crippen molar-refractivity contribution in [3.63, 3.8) is 0 Å². The minimum atomic E-state index is 0.567. The first kappa shape index (κ1) is 10.8. The third kappa shape index (κ3) is 2.59. The van der Waals surface area contributed by atoms with Crippen LogP contribution in [-0.2, 0) is 0 Å². The Morgan fingerprint density at radius 3 is 2.62 bits per heavy atom. The Hall–Kier alpha value is -0.260. The van der Waals surface area contributed by atoms with Crippen molar-refractivity contribution in [2.24, 2.45) is 17.3 Å². The molecule has 0 bridgehead atoms. The fourth-order valence-corrected chi connectivity index (χ4v) is 2.87. The average Bonchev–Trinajstić information content (AvgIpc) is 2.02. The Morgan fingerprint density at radius 2 is 2.08 bits per heavy atom. The molecular weight excluding hydrogens is 156 g/mol. The van der Waals surface area contributed by atoms with Gasteiger partial charge in [0.05, 0.1) is 0 Å². The molecule has 2 atom stereocenters. The maximum atomic E-state index is 2.44. The highest BCUT2D eigenvalue weighted by atomic mass is 14.4. The van der Waals surface area contributed by atoms with E-state index in [-0.39, 0.29) is 0 Å². The highest BCUT2D eigenvalue weighted by molar-refractivity contribution is 4.92. The molecule has 0 heterocycles. The summed E-state index contributed by atoms with van der Waals surface area (Å²) in [6, 6.07) is 0. The standard InChI is InChI=1S/C13H24/c1-5-6-9-12-11(2)8-7-10-13(12,3)4/h5-6,11-12H,7-10H2,1-4H3/b6-5+. The molecule has 13 heavy (non-hydrogen) atoms. The third-order valence-corrected chi connectivity index (χ3v) is 3.80. The first-order valence-corrected chi connectivity index (χ1v) is 5.69. The zero-order valence-electron chi connectivity index (χ0n) is 9.64. The van der Waals surface area contributed by atoms with Crippen LogP contribution < -0.4 is 0 Å². The van der Waals surface area contributed by atoms with Crippen molar-refractivity contribution >= 4 is 0 Å². The third-order valence-electron chi connectivity index (χ3n) is 3.80. The molecule has 0 radical (unpaired) electrons. The first-order chi connectivity index (χ1) is 6.08. The second-order valence-corrected chi connectivity index (χ2v) is 5.27. The van der Waals surface area contributed by atoms with E-state index < -0.39 is 0 Å². The maximum absolute atomic E-state index is 2.44. The molecule has 1 rings (SSSR count). The molecule has 0 amide bonds. The number of rotatable bonds is 2. The molecule has 0 aromatic heterocycles. The van der Waals surface area contributed by atoms with Crippen LogP contribution in [0, 0.1) is 17.3 Å². The Morgan fingerprint density at radius 1 is 1.38 bits per heavy atom. The van der Waals surface area contributed by atoms with Crippen LogP contribution in [0.15, 0.2) is 12.2 Å². The summed E-state index contributed by atoms with van der Waals surface area (Å²) in [6.07, 6.45) is 10.1. The summed E-state index contributed by atoms with van der Waals surface area (Å²) in [4.78, 5) is 0. The Labute approximate surface area is 83.4 Å². The van der Waals surface area contributed by atoms with Crippen LogP contribution in [0.25, 0.3) is 0 Å². The molecular formula is C13H24. The topological polar surface area (TPSA) is 0 Å². The highest BCUT2D eigenvalue weighted by Gasteiger charge is 2.35. The van der Waals surface area contributed by atoms with Crippen molar-refractivity contribution in [1.82, 2.24) is 0 Å². The summed E-state index contributed by atoms with van der Waals surface area (Å²) in [5, 5.41) is 0. The van der Waals surface area contributed by atoms with Crippen LogP contribution in [0.4, 0.5) is 0 Å². The molecule has 1 aliphatic carbocycles. The predicted octanol–water partition coefficient (Wildman–Crippen LogP) is 4.42. The van der Waals surface area contributed by atoms with Crippen molar-refractivity contribution in [3.8, 4) is 0 Å². The molecule has 1 saturated carbocycles. The monoisotopic (exact) mass is 180 g/mol. The summed E-state index contributed by atoms with van der Waals surface area (Å²) in [5.41, 5.74) is 0.567. The lowest BCUT2D eigenvalue weighted by atomic mass is 9.63. The smallest absolute Gasteiger partial charge is 0.0302 e. The Bertz CT molecular complexity index is 176. The van der Waals surface area contributed by atoms with Gasteiger partial charge in [0.2, 0.25) is 0 Å².